The molecule has 0 saturated heterocycles. The van der Waals surface area contributed by atoms with Gasteiger partial charge in [-0.15, -0.1) is 0 Å². The van der Waals surface area contributed by atoms with Crippen LogP contribution < -0.4 is 15.2 Å². The number of alkyl halides is 2. The molecule has 96 valence electrons. The second-order valence-electron chi connectivity index (χ2n) is 3.54. The lowest BCUT2D eigenvalue weighted by Gasteiger charge is -2.12. The number of rotatable bonds is 7. The first-order valence-electron chi connectivity index (χ1n) is 5.58. The highest BCUT2D eigenvalue weighted by atomic mass is 19.3. The topological polar surface area (TPSA) is 44.5 Å². The molecular weight excluding hydrogens is 228 g/mol. The first-order chi connectivity index (χ1) is 8.17. The molecule has 0 fully saturated rings. The highest BCUT2D eigenvalue weighted by molar-refractivity contribution is 5.41. The molecule has 5 heteroatoms. The zero-order chi connectivity index (χ0) is 12.7. The Morgan fingerprint density at radius 1 is 1.35 bits per heavy atom. The van der Waals surface area contributed by atoms with Crippen LogP contribution in [0, 0.1) is 0 Å². The number of hydrogen-bond acceptors (Lipinski definition) is 3. The molecule has 0 bridgehead atoms. The van der Waals surface area contributed by atoms with Crippen LogP contribution >= 0.6 is 0 Å². The van der Waals surface area contributed by atoms with E-state index in [1.807, 2.05) is 6.92 Å². The fraction of sp³-hybridized carbons (Fsp3) is 0.500. The molecule has 0 amide bonds. The van der Waals surface area contributed by atoms with E-state index in [4.69, 9.17) is 10.5 Å². The molecule has 0 aromatic heterocycles. The number of hydrogen-bond donors (Lipinski definition) is 1. The average molecular weight is 245 g/mol. The Balaban J connectivity index is 2.84. The quantitative estimate of drug-likeness (QED) is 0.803. The van der Waals surface area contributed by atoms with Gasteiger partial charge in [-0.1, -0.05) is 13.0 Å². The second-order valence-corrected chi connectivity index (χ2v) is 3.54. The van der Waals surface area contributed by atoms with E-state index in [9.17, 15) is 8.78 Å². The van der Waals surface area contributed by atoms with Crippen LogP contribution in [0.5, 0.6) is 11.5 Å². The first-order valence-corrected chi connectivity index (χ1v) is 5.58. The Kier molecular flexibility index (Phi) is 5.69. The molecule has 17 heavy (non-hydrogen) atoms. The van der Waals surface area contributed by atoms with Crippen LogP contribution in [0.2, 0.25) is 0 Å². The Morgan fingerprint density at radius 2 is 2.12 bits per heavy atom. The van der Waals surface area contributed by atoms with Crippen molar-refractivity contribution in [1.29, 1.82) is 0 Å². The number of benzene rings is 1. The van der Waals surface area contributed by atoms with E-state index >= 15 is 0 Å². The summed E-state index contributed by atoms with van der Waals surface area (Å²) in [5.74, 6) is 0.669. The maximum atomic E-state index is 12.2. The van der Waals surface area contributed by atoms with Gasteiger partial charge in [-0.3, -0.25) is 0 Å². The van der Waals surface area contributed by atoms with E-state index < -0.39 is 6.61 Å². The van der Waals surface area contributed by atoms with Gasteiger partial charge in [-0.25, -0.2) is 0 Å². The fourth-order valence-electron chi connectivity index (χ4n) is 1.41. The van der Waals surface area contributed by atoms with Crippen molar-refractivity contribution in [2.24, 2.45) is 5.73 Å². The predicted molar refractivity (Wildman–Crippen MR) is 61.6 cm³/mol. The minimum absolute atomic E-state index is 0.138. The molecule has 2 N–H and O–H groups in total. The Bertz CT molecular complexity index is 345. The summed E-state index contributed by atoms with van der Waals surface area (Å²) in [6.07, 6.45) is 1.35. The lowest BCUT2D eigenvalue weighted by atomic mass is 10.1. The van der Waals surface area contributed by atoms with E-state index in [1.54, 1.807) is 12.1 Å². The maximum Gasteiger partial charge on any atom is 0.387 e. The SMILES string of the molecule is CCCOc1ccc(CCN)c(OC(F)F)c1. The molecule has 0 aliphatic rings. The number of halogens is 2. The van der Waals surface area contributed by atoms with Gasteiger partial charge in [0.05, 0.1) is 6.61 Å². The molecule has 0 atom stereocenters. The molecule has 1 aromatic rings. The van der Waals surface area contributed by atoms with Gasteiger partial charge in [0, 0.05) is 6.07 Å². The zero-order valence-corrected chi connectivity index (χ0v) is 9.79. The summed E-state index contributed by atoms with van der Waals surface area (Å²) in [4.78, 5) is 0. The Labute approximate surface area is 99.5 Å². The van der Waals surface area contributed by atoms with Crippen molar-refractivity contribution >= 4 is 0 Å². The molecular formula is C12H17F2NO2. The van der Waals surface area contributed by atoms with Crippen molar-refractivity contribution in [2.45, 2.75) is 26.4 Å². The molecule has 0 saturated carbocycles. The highest BCUT2D eigenvalue weighted by Gasteiger charge is 2.10. The zero-order valence-electron chi connectivity index (χ0n) is 9.79. The molecule has 0 heterocycles. The highest BCUT2D eigenvalue weighted by Crippen LogP contribution is 2.26. The van der Waals surface area contributed by atoms with Crippen LogP contribution in [0.4, 0.5) is 8.78 Å². The summed E-state index contributed by atoms with van der Waals surface area (Å²) in [5.41, 5.74) is 6.07. The van der Waals surface area contributed by atoms with Crippen molar-refractivity contribution < 1.29 is 18.3 Å². The minimum Gasteiger partial charge on any atom is -0.493 e. The number of nitrogens with two attached hydrogens (primary N) is 1. The van der Waals surface area contributed by atoms with Crippen LogP contribution in [-0.4, -0.2) is 19.8 Å². The molecule has 0 spiro atoms. The standard InChI is InChI=1S/C12H17F2NO2/c1-2-7-16-10-4-3-9(5-6-15)11(8-10)17-12(13)14/h3-4,8,12H,2,5-7,15H2,1H3. The fourth-order valence-corrected chi connectivity index (χ4v) is 1.41. The largest absolute Gasteiger partial charge is 0.493 e. The van der Waals surface area contributed by atoms with Gasteiger partial charge in [0.2, 0.25) is 0 Å². The maximum absolute atomic E-state index is 12.2. The van der Waals surface area contributed by atoms with E-state index in [0.717, 1.165) is 6.42 Å². The van der Waals surface area contributed by atoms with Crippen molar-refractivity contribution in [2.75, 3.05) is 13.2 Å². The van der Waals surface area contributed by atoms with Crippen LogP contribution in [0.3, 0.4) is 0 Å². The van der Waals surface area contributed by atoms with E-state index in [1.165, 1.54) is 6.07 Å². The Morgan fingerprint density at radius 3 is 2.71 bits per heavy atom. The van der Waals surface area contributed by atoms with Crippen molar-refractivity contribution in [1.82, 2.24) is 0 Å². The average Bonchev–Trinajstić information content (AvgIpc) is 2.29. The van der Waals surface area contributed by atoms with Gasteiger partial charge in [-0.05, 0) is 31.0 Å². The van der Waals surface area contributed by atoms with Gasteiger partial charge < -0.3 is 15.2 Å². The van der Waals surface area contributed by atoms with Gasteiger partial charge in [0.1, 0.15) is 11.5 Å². The third-order valence-electron chi connectivity index (χ3n) is 2.14. The van der Waals surface area contributed by atoms with Crippen LogP contribution in [0.25, 0.3) is 0 Å². The third-order valence-corrected chi connectivity index (χ3v) is 2.14. The van der Waals surface area contributed by atoms with Gasteiger partial charge >= 0.3 is 6.61 Å². The molecule has 1 aromatic carbocycles. The normalized spacial score (nSPS) is 10.6. The summed E-state index contributed by atoms with van der Waals surface area (Å²) >= 11 is 0. The summed E-state index contributed by atoms with van der Waals surface area (Å²) in [7, 11) is 0. The second kappa shape index (κ2) is 7.06. The molecule has 1 rings (SSSR count). The molecule has 0 radical (unpaired) electrons. The summed E-state index contributed by atoms with van der Waals surface area (Å²) in [5, 5.41) is 0. The van der Waals surface area contributed by atoms with Crippen LogP contribution in [0.1, 0.15) is 18.9 Å². The smallest absolute Gasteiger partial charge is 0.387 e. The van der Waals surface area contributed by atoms with Crippen LogP contribution in [-0.2, 0) is 6.42 Å². The summed E-state index contributed by atoms with van der Waals surface area (Å²) < 4.78 is 34.3. The monoisotopic (exact) mass is 245 g/mol. The lowest BCUT2D eigenvalue weighted by Crippen LogP contribution is -2.08. The van der Waals surface area contributed by atoms with E-state index in [0.29, 0.717) is 30.9 Å². The van der Waals surface area contributed by atoms with E-state index in [-0.39, 0.29) is 5.75 Å². The first kappa shape index (κ1) is 13.7. The minimum atomic E-state index is -2.84. The number of ether oxygens (including phenoxy) is 2. The Hall–Kier alpha value is -1.36. The van der Waals surface area contributed by atoms with Crippen molar-refractivity contribution in [3.8, 4) is 11.5 Å². The van der Waals surface area contributed by atoms with Crippen molar-refractivity contribution in [3.05, 3.63) is 23.8 Å². The summed E-state index contributed by atoms with van der Waals surface area (Å²) in [6, 6.07) is 4.92. The molecule has 0 aliphatic carbocycles. The lowest BCUT2D eigenvalue weighted by molar-refractivity contribution is -0.0505. The third kappa shape index (κ3) is 4.56. The van der Waals surface area contributed by atoms with Gasteiger partial charge in [-0.2, -0.15) is 8.78 Å². The molecule has 0 aliphatic heterocycles. The molecule has 3 nitrogen and oxygen atoms in total. The van der Waals surface area contributed by atoms with Gasteiger partial charge in [0.25, 0.3) is 0 Å². The van der Waals surface area contributed by atoms with Gasteiger partial charge in [0.15, 0.2) is 0 Å². The summed E-state index contributed by atoms with van der Waals surface area (Å²) in [6.45, 7) is 0.0614. The predicted octanol–water partition coefficient (Wildman–Crippen LogP) is 2.58. The van der Waals surface area contributed by atoms with Crippen molar-refractivity contribution in [3.63, 3.8) is 0 Å². The van der Waals surface area contributed by atoms with Crippen LogP contribution in [0.15, 0.2) is 18.2 Å². The molecule has 0 unspecified atom stereocenters. The van der Waals surface area contributed by atoms with E-state index in [2.05, 4.69) is 4.74 Å².